The van der Waals surface area contributed by atoms with E-state index in [1.165, 1.54) is 0 Å². The second-order valence-corrected chi connectivity index (χ2v) is 5.36. The van der Waals surface area contributed by atoms with E-state index in [-0.39, 0.29) is 6.61 Å². The average molecular weight is 322 g/mol. The molecule has 0 bridgehead atoms. The normalized spacial score (nSPS) is 10.5. The molecule has 0 unspecified atom stereocenters. The SMILES string of the molecule is Cc1cc(C)c(CO)c(OCc2cccc(Br)c2)n1. The molecule has 1 N–H and O–H groups in total. The Morgan fingerprint density at radius 1 is 1.26 bits per heavy atom. The van der Waals surface area contributed by atoms with Crippen molar-refractivity contribution in [2.45, 2.75) is 27.1 Å². The van der Waals surface area contributed by atoms with Gasteiger partial charge in [0.15, 0.2) is 0 Å². The lowest BCUT2D eigenvalue weighted by molar-refractivity contribution is 0.251. The summed E-state index contributed by atoms with van der Waals surface area (Å²) in [5.74, 6) is 0.514. The maximum Gasteiger partial charge on any atom is 0.219 e. The van der Waals surface area contributed by atoms with Crippen LogP contribution in [-0.4, -0.2) is 10.1 Å². The summed E-state index contributed by atoms with van der Waals surface area (Å²) in [6, 6.07) is 9.87. The highest BCUT2D eigenvalue weighted by Crippen LogP contribution is 2.22. The van der Waals surface area contributed by atoms with Crippen LogP contribution >= 0.6 is 15.9 Å². The van der Waals surface area contributed by atoms with E-state index in [9.17, 15) is 5.11 Å². The molecular formula is C15H16BrNO2. The van der Waals surface area contributed by atoms with Crippen molar-refractivity contribution in [2.24, 2.45) is 0 Å². The smallest absolute Gasteiger partial charge is 0.219 e. The minimum Gasteiger partial charge on any atom is -0.473 e. The molecule has 0 spiro atoms. The van der Waals surface area contributed by atoms with Gasteiger partial charge in [-0.15, -0.1) is 0 Å². The van der Waals surface area contributed by atoms with E-state index in [0.29, 0.717) is 12.5 Å². The van der Waals surface area contributed by atoms with Crippen LogP contribution in [0.2, 0.25) is 0 Å². The molecule has 100 valence electrons. The number of aliphatic hydroxyl groups excluding tert-OH is 1. The molecule has 1 heterocycles. The summed E-state index contributed by atoms with van der Waals surface area (Å²) < 4.78 is 6.76. The molecule has 0 fully saturated rings. The first-order chi connectivity index (χ1) is 9.10. The molecular weight excluding hydrogens is 306 g/mol. The van der Waals surface area contributed by atoms with Crippen molar-refractivity contribution in [1.29, 1.82) is 0 Å². The van der Waals surface area contributed by atoms with Crippen molar-refractivity contribution >= 4 is 15.9 Å². The van der Waals surface area contributed by atoms with Crippen molar-refractivity contribution in [1.82, 2.24) is 4.98 Å². The van der Waals surface area contributed by atoms with Crippen LogP contribution in [0.25, 0.3) is 0 Å². The topological polar surface area (TPSA) is 42.4 Å². The molecule has 0 saturated heterocycles. The van der Waals surface area contributed by atoms with E-state index < -0.39 is 0 Å². The number of pyridine rings is 1. The van der Waals surface area contributed by atoms with Crippen LogP contribution in [0.1, 0.15) is 22.4 Å². The predicted octanol–water partition coefficient (Wildman–Crippen LogP) is 3.53. The average Bonchev–Trinajstić information content (AvgIpc) is 2.36. The van der Waals surface area contributed by atoms with E-state index >= 15 is 0 Å². The third-order valence-corrected chi connectivity index (χ3v) is 3.35. The van der Waals surface area contributed by atoms with E-state index in [4.69, 9.17) is 4.74 Å². The Bertz CT molecular complexity index is 584. The number of aromatic nitrogens is 1. The molecule has 3 nitrogen and oxygen atoms in total. The number of hydrogen-bond donors (Lipinski definition) is 1. The van der Waals surface area contributed by atoms with Gasteiger partial charge in [0.1, 0.15) is 6.61 Å². The fraction of sp³-hybridized carbons (Fsp3) is 0.267. The molecule has 0 aliphatic carbocycles. The van der Waals surface area contributed by atoms with Crippen molar-refractivity contribution in [3.63, 3.8) is 0 Å². The lowest BCUT2D eigenvalue weighted by Gasteiger charge is -2.12. The Balaban J connectivity index is 2.19. The number of benzene rings is 1. The minimum absolute atomic E-state index is 0.0626. The van der Waals surface area contributed by atoms with E-state index in [1.807, 2.05) is 44.2 Å². The zero-order chi connectivity index (χ0) is 13.8. The summed E-state index contributed by atoms with van der Waals surface area (Å²) in [6.45, 7) is 4.24. The first-order valence-corrected chi connectivity index (χ1v) is 6.84. The fourth-order valence-corrected chi connectivity index (χ4v) is 2.37. The van der Waals surface area contributed by atoms with Gasteiger partial charge < -0.3 is 9.84 Å². The summed E-state index contributed by atoms with van der Waals surface area (Å²) in [4.78, 5) is 4.35. The highest BCUT2D eigenvalue weighted by atomic mass is 79.9. The lowest BCUT2D eigenvalue weighted by Crippen LogP contribution is -2.04. The van der Waals surface area contributed by atoms with Crippen molar-refractivity contribution in [3.8, 4) is 5.88 Å². The monoisotopic (exact) mass is 321 g/mol. The molecule has 0 atom stereocenters. The zero-order valence-corrected chi connectivity index (χ0v) is 12.6. The first kappa shape index (κ1) is 14.0. The maximum absolute atomic E-state index is 9.40. The Hall–Kier alpha value is -1.39. The van der Waals surface area contributed by atoms with Crippen LogP contribution in [-0.2, 0) is 13.2 Å². The van der Waals surface area contributed by atoms with Gasteiger partial charge in [-0.05, 0) is 43.2 Å². The Morgan fingerprint density at radius 2 is 2.05 bits per heavy atom. The Morgan fingerprint density at radius 3 is 2.74 bits per heavy atom. The molecule has 1 aromatic carbocycles. The van der Waals surface area contributed by atoms with Crippen LogP contribution in [0.15, 0.2) is 34.8 Å². The summed E-state index contributed by atoms with van der Waals surface area (Å²) in [6.07, 6.45) is 0. The maximum atomic E-state index is 9.40. The number of halogens is 1. The van der Waals surface area contributed by atoms with Crippen LogP contribution in [0, 0.1) is 13.8 Å². The molecule has 0 aliphatic rings. The van der Waals surface area contributed by atoms with Gasteiger partial charge in [0.2, 0.25) is 5.88 Å². The van der Waals surface area contributed by atoms with E-state index in [2.05, 4.69) is 20.9 Å². The van der Waals surface area contributed by atoms with Gasteiger partial charge in [-0.25, -0.2) is 4.98 Å². The van der Waals surface area contributed by atoms with Gasteiger partial charge >= 0.3 is 0 Å². The molecule has 0 saturated carbocycles. The Kier molecular flexibility index (Phi) is 4.56. The summed E-state index contributed by atoms with van der Waals surface area (Å²) in [5.41, 5.74) is 3.69. The van der Waals surface area contributed by atoms with Crippen molar-refractivity contribution in [3.05, 3.63) is 57.2 Å². The molecule has 0 amide bonds. The second-order valence-electron chi connectivity index (χ2n) is 4.44. The molecule has 2 aromatic rings. The molecule has 0 radical (unpaired) electrons. The minimum atomic E-state index is -0.0626. The number of aryl methyl sites for hydroxylation is 2. The summed E-state index contributed by atoms with van der Waals surface area (Å²) >= 11 is 3.43. The number of hydrogen-bond acceptors (Lipinski definition) is 3. The lowest BCUT2D eigenvalue weighted by atomic mass is 10.1. The number of aliphatic hydroxyl groups is 1. The standard InChI is InChI=1S/C15H16BrNO2/c1-10-6-11(2)17-15(14(10)8-18)19-9-12-4-3-5-13(16)7-12/h3-7,18H,8-9H2,1-2H3. The van der Waals surface area contributed by atoms with Crippen LogP contribution < -0.4 is 4.74 Å². The van der Waals surface area contributed by atoms with Crippen LogP contribution in [0.3, 0.4) is 0 Å². The molecule has 1 aromatic heterocycles. The van der Waals surface area contributed by atoms with Gasteiger partial charge in [-0.3, -0.25) is 0 Å². The largest absolute Gasteiger partial charge is 0.473 e. The molecule has 19 heavy (non-hydrogen) atoms. The first-order valence-electron chi connectivity index (χ1n) is 6.05. The van der Waals surface area contributed by atoms with Gasteiger partial charge in [0.05, 0.1) is 6.61 Å². The third kappa shape index (κ3) is 3.55. The zero-order valence-electron chi connectivity index (χ0n) is 11.0. The van der Waals surface area contributed by atoms with Crippen molar-refractivity contribution < 1.29 is 9.84 Å². The molecule has 0 aliphatic heterocycles. The van der Waals surface area contributed by atoms with Gasteiger partial charge in [-0.1, -0.05) is 28.1 Å². The Labute approximate surface area is 121 Å². The third-order valence-electron chi connectivity index (χ3n) is 2.86. The quantitative estimate of drug-likeness (QED) is 0.936. The van der Waals surface area contributed by atoms with Crippen LogP contribution in [0.5, 0.6) is 5.88 Å². The van der Waals surface area contributed by atoms with Gasteiger partial charge in [0, 0.05) is 15.7 Å². The second kappa shape index (κ2) is 6.17. The number of rotatable bonds is 4. The molecule has 4 heteroatoms. The van der Waals surface area contributed by atoms with Crippen molar-refractivity contribution in [2.75, 3.05) is 0 Å². The van der Waals surface area contributed by atoms with Gasteiger partial charge in [-0.2, -0.15) is 0 Å². The fourth-order valence-electron chi connectivity index (χ4n) is 1.92. The number of nitrogens with zero attached hydrogens (tertiary/aromatic N) is 1. The van der Waals surface area contributed by atoms with Gasteiger partial charge in [0.25, 0.3) is 0 Å². The van der Waals surface area contributed by atoms with Crippen LogP contribution in [0.4, 0.5) is 0 Å². The highest BCUT2D eigenvalue weighted by molar-refractivity contribution is 9.10. The van der Waals surface area contributed by atoms with E-state index in [1.54, 1.807) is 0 Å². The summed E-state index contributed by atoms with van der Waals surface area (Å²) in [5, 5.41) is 9.40. The molecule has 2 rings (SSSR count). The summed E-state index contributed by atoms with van der Waals surface area (Å²) in [7, 11) is 0. The highest BCUT2D eigenvalue weighted by Gasteiger charge is 2.09. The predicted molar refractivity (Wildman–Crippen MR) is 78.1 cm³/mol. The number of ether oxygens (including phenoxy) is 1. The van der Waals surface area contributed by atoms with E-state index in [0.717, 1.165) is 26.9 Å².